The Kier molecular flexibility index (Phi) is 4.78. The number of ether oxygens (including phenoxy) is 2. The number of nitrogens with zero attached hydrogens (tertiary/aromatic N) is 3. The molecule has 2 aromatic rings. The van der Waals surface area contributed by atoms with Crippen molar-refractivity contribution < 1.29 is 14.0 Å². The largest absolute Gasteiger partial charge is 0.381 e. The van der Waals surface area contributed by atoms with E-state index in [0.29, 0.717) is 23.3 Å². The number of morpholine rings is 1. The van der Waals surface area contributed by atoms with E-state index in [-0.39, 0.29) is 11.7 Å². The third kappa shape index (κ3) is 3.87. The van der Waals surface area contributed by atoms with E-state index in [1.165, 1.54) is 0 Å². The summed E-state index contributed by atoms with van der Waals surface area (Å²) in [6.45, 7) is 6.01. The molecule has 0 aliphatic carbocycles. The lowest BCUT2D eigenvalue weighted by Gasteiger charge is -2.47. The van der Waals surface area contributed by atoms with Crippen LogP contribution < -0.4 is 0 Å². The molecule has 1 spiro atoms. The van der Waals surface area contributed by atoms with E-state index in [9.17, 15) is 0 Å². The summed E-state index contributed by atoms with van der Waals surface area (Å²) < 4.78 is 17.2. The normalized spacial score (nSPS) is 23.8. The van der Waals surface area contributed by atoms with Crippen molar-refractivity contribution in [3.8, 4) is 11.4 Å². The highest BCUT2D eigenvalue weighted by molar-refractivity contribution is 6.30. The minimum atomic E-state index is -0.105. The van der Waals surface area contributed by atoms with Crippen molar-refractivity contribution in [2.75, 3.05) is 26.3 Å². The highest BCUT2D eigenvalue weighted by Crippen LogP contribution is 2.32. The minimum Gasteiger partial charge on any atom is -0.381 e. The number of hydrogen-bond acceptors (Lipinski definition) is 6. The van der Waals surface area contributed by atoms with Crippen LogP contribution in [0.4, 0.5) is 0 Å². The van der Waals surface area contributed by atoms with E-state index in [4.69, 9.17) is 25.6 Å². The van der Waals surface area contributed by atoms with Crippen molar-refractivity contribution in [3.05, 3.63) is 35.2 Å². The summed E-state index contributed by atoms with van der Waals surface area (Å²) in [5.41, 5.74) is 0.755. The van der Waals surface area contributed by atoms with Gasteiger partial charge in [0.2, 0.25) is 11.7 Å². The lowest BCUT2D eigenvalue weighted by Crippen LogP contribution is -2.56. The Labute approximate surface area is 152 Å². The van der Waals surface area contributed by atoms with Crippen LogP contribution in [-0.4, -0.2) is 53.0 Å². The zero-order valence-corrected chi connectivity index (χ0v) is 15.0. The molecule has 0 radical (unpaired) electrons. The second-order valence-electron chi connectivity index (χ2n) is 6.92. The Balaban J connectivity index is 1.46. The molecular weight excluding hydrogens is 342 g/mol. The first-order valence-electron chi connectivity index (χ1n) is 8.68. The second-order valence-corrected chi connectivity index (χ2v) is 7.35. The van der Waals surface area contributed by atoms with Gasteiger partial charge in [-0.1, -0.05) is 28.9 Å². The maximum atomic E-state index is 6.27. The Morgan fingerprint density at radius 1 is 1.32 bits per heavy atom. The number of aromatic nitrogens is 2. The van der Waals surface area contributed by atoms with Gasteiger partial charge in [0.25, 0.3) is 0 Å². The topological polar surface area (TPSA) is 60.6 Å². The Morgan fingerprint density at radius 3 is 2.96 bits per heavy atom. The first kappa shape index (κ1) is 17.0. The fourth-order valence-corrected chi connectivity index (χ4v) is 3.92. The van der Waals surface area contributed by atoms with Crippen LogP contribution in [0, 0.1) is 0 Å². The molecule has 7 heteroatoms. The second kappa shape index (κ2) is 7.03. The SMILES string of the molecule is CC1CN(Cc2nc(-c3cccc(Cl)c3)no2)CC2(CCOCC2)O1. The van der Waals surface area contributed by atoms with Gasteiger partial charge in [-0.05, 0) is 19.1 Å². The maximum absolute atomic E-state index is 6.27. The van der Waals surface area contributed by atoms with Crippen LogP contribution >= 0.6 is 11.6 Å². The van der Waals surface area contributed by atoms with Gasteiger partial charge in [-0.25, -0.2) is 0 Å². The van der Waals surface area contributed by atoms with E-state index in [2.05, 4.69) is 22.0 Å². The summed E-state index contributed by atoms with van der Waals surface area (Å²) in [6.07, 6.45) is 2.05. The molecule has 2 aliphatic heterocycles. The van der Waals surface area contributed by atoms with E-state index >= 15 is 0 Å². The van der Waals surface area contributed by atoms with Crippen molar-refractivity contribution in [1.29, 1.82) is 0 Å². The van der Waals surface area contributed by atoms with Crippen LogP contribution in [0.5, 0.6) is 0 Å². The third-order valence-corrected chi connectivity index (χ3v) is 5.03. The molecule has 2 aliphatic rings. The fourth-order valence-electron chi connectivity index (χ4n) is 3.73. The standard InChI is InChI=1S/C18H22ClN3O3/c1-13-10-22(12-18(24-13)5-7-23-8-6-18)11-16-20-17(21-25-16)14-3-2-4-15(19)9-14/h2-4,9,13H,5-8,10-12H2,1H3. The minimum absolute atomic E-state index is 0.105. The summed E-state index contributed by atoms with van der Waals surface area (Å²) in [4.78, 5) is 6.87. The first-order chi connectivity index (χ1) is 12.1. The van der Waals surface area contributed by atoms with Crippen LogP contribution in [0.15, 0.2) is 28.8 Å². The molecule has 2 fully saturated rings. The zero-order valence-electron chi connectivity index (χ0n) is 14.3. The molecule has 1 aromatic carbocycles. The van der Waals surface area contributed by atoms with Gasteiger partial charge in [0.15, 0.2) is 0 Å². The summed E-state index contributed by atoms with van der Waals surface area (Å²) >= 11 is 6.04. The Bertz CT molecular complexity index is 730. The van der Waals surface area contributed by atoms with Gasteiger partial charge in [-0.3, -0.25) is 4.90 Å². The van der Waals surface area contributed by atoms with E-state index in [1.807, 2.05) is 24.3 Å². The predicted molar refractivity (Wildman–Crippen MR) is 93.4 cm³/mol. The van der Waals surface area contributed by atoms with E-state index in [0.717, 1.165) is 44.7 Å². The molecule has 1 aromatic heterocycles. The van der Waals surface area contributed by atoms with Gasteiger partial charge < -0.3 is 14.0 Å². The zero-order chi connectivity index (χ0) is 17.3. The molecule has 6 nitrogen and oxygen atoms in total. The van der Waals surface area contributed by atoms with Gasteiger partial charge in [0.1, 0.15) is 0 Å². The van der Waals surface area contributed by atoms with Crippen molar-refractivity contribution in [1.82, 2.24) is 15.0 Å². The van der Waals surface area contributed by atoms with Gasteiger partial charge >= 0.3 is 0 Å². The van der Waals surface area contributed by atoms with Gasteiger partial charge in [-0.15, -0.1) is 0 Å². The van der Waals surface area contributed by atoms with Crippen LogP contribution in [0.1, 0.15) is 25.7 Å². The van der Waals surface area contributed by atoms with Crippen LogP contribution in [0.25, 0.3) is 11.4 Å². The molecule has 3 heterocycles. The van der Waals surface area contributed by atoms with Crippen LogP contribution in [0.3, 0.4) is 0 Å². The number of hydrogen-bond donors (Lipinski definition) is 0. The molecule has 0 N–H and O–H groups in total. The number of halogens is 1. The summed E-state index contributed by atoms with van der Waals surface area (Å²) in [5.74, 6) is 1.19. The Morgan fingerprint density at radius 2 is 2.16 bits per heavy atom. The quantitative estimate of drug-likeness (QED) is 0.834. The molecule has 0 saturated carbocycles. The fraction of sp³-hybridized carbons (Fsp3) is 0.556. The third-order valence-electron chi connectivity index (χ3n) is 4.79. The van der Waals surface area contributed by atoms with Crippen LogP contribution in [-0.2, 0) is 16.0 Å². The van der Waals surface area contributed by atoms with Crippen LogP contribution in [0.2, 0.25) is 5.02 Å². The maximum Gasteiger partial charge on any atom is 0.241 e. The van der Waals surface area contributed by atoms with Crippen molar-refractivity contribution in [2.45, 2.75) is 38.0 Å². The molecular formula is C18H22ClN3O3. The molecule has 0 bridgehead atoms. The lowest BCUT2D eigenvalue weighted by atomic mass is 9.91. The average molecular weight is 364 g/mol. The number of benzene rings is 1. The molecule has 0 amide bonds. The molecule has 2 saturated heterocycles. The van der Waals surface area contributed by atoms with Gasteiger partial charge in [0.05, 0.1) is 18.2 Å². The molecule has 25 heavy (non-hydrogen) atoms. The van der Waals surface area contributed by atoms with Crippen molar-refractivity contribution in [3.63, 3.8) is 0 Å². The molecule has 134 valence electrons. The average Bonchev–Trinajstić information content (AvgIpc) is 3.03. The molecule has 1 unspecified atom stereocenters. The monoisotopic (exact) mass is 363 g/mol. The van der Waals surface area contributed by atoms with Gasteiger partial charge in [0, 0.05) is 49.7 Å². The smallest absolute Gasteiger partial charge is 0.241 e. The predicted octanol–water partition coefficient (Wildman–Crippen LogP) is 3.16. The summed E-state index contributed by atoms with van der Waals surface area (Å²) in [7, 11) is 0. The first-order valence-corrected chi connectivity index (χ1v) is 9.06. The highest BCUT2D eigenvalue weighted by atomic mass is 35.5. The van der Waals surface area contributed by atoms with Crippen molar-refractivity contribution >= 4 is 11.6 Å². The highest BCUT2D eigenvalue weighted by Gasteiger charge is 2.41. The van der Waals surface area contributed by atoms with E-state index < -0.39 is 0 Å². The van der Waals surface area contributed by atoms with Gasteiger partial charge in [-0.2, -0.15) is 4.98 Å². The summed E-state index contributed by atoms with van der Waals surface area (Å²) in [5, 5.41) is 4.75. The molecule has 1 atom stereocenters. The van der Waals surface area contributed by atoms with E-state index in [1.54, 1.807) is 0 Å². The molecule has 4 rings (SSSR count). The summed E-state index contributed by atoms with van der Waals surface area (Å²) in [6, 6.07) is 7.47. The number of rotatable bonds is 3. The Hall–Kier alpha value is -1.47. The van der Waals surface area contributed by atoms with Crippen molar-refractivity contribution in [2.24, 2.45) is 0 Å². The lowest BCUT2D eigenvalue weighted by molar-refractivity contribution is -0.186.